The lowest BCUT2D eigenvalue weighted by Crippen LogP contribution is -2.30. The second-order valence-electron chi connectivity index (χ2n) is 6.12. The summed E-state index contributed by atoms with van der Waals surface area (Å²) >= 11 is 0. The molecule has 1 amide bonds. The fourth-order valence-electron chi connectivity index (χ4n) is 2.56. The zero-order chi connectivity index (χ0) is 14.4. The zero-order valence-electron chi connectivity index (χ0n) is 12.0. The average molecular weight is 265 g/mol. The van der Waals surface area contributed by atoms with Crippen molar-refractivity contribution >= 4 is 11.7 Å². The second-order valence-corrected chi connectivity index (χ2v) is 6.12. The molecule has 0 aliphatic heterocycles. The van der Waals surface area contributed by atoms with E-state index in [2.05, 4.69) is 43.3 Å². The van der Waals surface area contributed by atoms with Crippen LogP contribution < -0.4 is 10.6 Å². The normalized spacial score (nSPS) is 19.9. The van der Waals surface area contributed by atoms with Crippen molar-refractivity contribution < 1.29 is 9.18 Å². The van der Waals surface area contributed by atoms with Gasteiger partial charge in [-0.05, 0) is 16.9 Å². The van der Waals surface area contributed by atoms with E-state index < -0.39 is 5.82 Å². The van der Waals surface area contributed by atoms with Crippen LogP contribution in [0, 0.1) is 16.6 Å². The first-order valence-electron chi connectivity index (χ1n) is 6.36. The summed E-state index contributed by atoms with van der Waals surface area (Å²) in [4.78, 5) is 16.0. The first-order valence-corrected chi connectivity index (χ1v) is 6.36. The van der Waals surface area contributed by atoms with Crippen molar-refractivity contribution in [1.82, 2.24) is 10.3 Å². The Labute approximate surface area is 112 Å². The summed E-state index contributed by atoms with van der Waals surface area (Å²) in [6, 6.07) is 1.45. The third kappa shape index (κ3) is 1.97. The van der Waals surface area contributed by atoms with Gasteiger partial charge in [0, 0.05) is 19.3 Å². The molecule has 0 saturated heterocycles. The molecule has 5 heteroatoms. The number of carbonyl (C=O) groups is 1. The maximum absolute atomic E-state index is 14.0. The number of hydrogen-bond acceptors (Lipinski definition) is 3. The Balaban J connectivity index is 2.19. The van der Waals surface area contributed by atoms with Gasteiger partial charge in [0.05, 0.1) is 5.56 Å². The van der Waals surface area contributed by atoms with Crippen LogP contribution in [0.1, 0.15) is 38.1 Å². The van der Waals surface area contributed by atoms with Crippen molar-refractivity contribution in [3.8, 4) is 0 Å². The van der Waals surface area contributed by atoms with Crippen molar-refractivity contribution in [2.24, 2.45) is 10.8 Å². The highest BCUT2D eigenvalue weighted by atomic mass is 19.1. The van der Waals surface area contributed by atoms with Crippen LogP contribution in [0.2, 0.25) is 0 Å². The van der Waals surface area contributed by atoms with Crippen LogP contribution >= 0.6 is 0 Å². The molecule has 0 atom stereocenters. The molecule has 1 fully saturated rings. The molecule has 0 spiro atoms. The number of pyridine rings is 1. The van der Waals surface area contributed by atoms with Crippen molar-refractivity contribution in [2.45, 2.75) is 33.7 Å². The third-order valence-corrected chi connectivity index (χ3v) is 4.67. The van der Waals surface area contributed by atoms with E-state index in [-0.39, 0.29) is 34.2 Å². The number of amides is 1. The van der Waals surface area contributed by atoms with E-state index in [4.69, 9.17) is 0 Å². The summed E-state index contributed by atoms with van der Waals surface area (Å²) in [5.41, 5.74) is 0.0774. The van der Waals surface area contributed by atoms with Crippen LogP contribution in [0.15, 0.2) is 12.3 Å². The number of nitrogens with one attached hydrogen (secondary N) is 2. The fourth-order valence-corrected chi connectivity index (χ4v) is 2.56. The summed E-state index contributed by atoms with van der Waals surface area (Å²) in [5, 5.41) is 5.53. The molecule has 0 radical (unpaired) electrons. The lowest BCUT2D eigenvalue weighted by Gasteiger charge is -2.09. The molecule has 1 aliphatic carbocycles. The van der Waals surface area contributed by atoms with Crippen molar-refractivity contribution in [3.05, 3.63) is 23.6 Å². The molecule has 2 N–H and O–H groups in total. The van der Waals surface area contributed by atoms with Gasteiger partial charge in [0.1, 0.15) is 0 Å². The van der Waals surface area contributed by atoms with E-state index in [1.54, 1.807) is 7.05 Å². The van der Waals surface area contributed by atoms with Gasteiger partial charge in [0.2, 0.25) is 0 Å². The van der Waals surface area contributed by atoms with Gasteiger partial charge in [0.25, 0.3) is 5.91 Å². The van der Waals surface area contributed by atoms with E-state index in [9.17, 15) is 9.18 Å². The molecule has 1 saturated carbocycles. The number of halogens is 1. The lowest BCUT2D eigenvalue weighted by molar-refractivity contribution is 0.0939. The van der Waals surface area contributed by atoms with Crippen LogP contribution in [0.5, 0.6) is 0 Å². The Kier molecular flexibility index (Phi) is 3.03. The highest BCUT2D eigenvalue weighted by molar-refractivity contribution is 5.95. The maximum atomic E-state index is 14.0. The Morgan fingerprint density at radius 2 is 1.89 bits per heavy atom. The average Bonchev–Trinajstić information content (AvgIpc) is 2.72. The van der Waals surface area contributed by atoms with Crippen LogP contribution in [0.25, 0.3) is 0 Å². The summed E-state index contributed by atoms with van der Waals surface area (Å²) in [5.74, 6) is -0.916. The SMILES string of the molecule is CNc1nccc(C(=O)NC2C(C)(C)C2(C)C)c1F. The third-order valence-electron chi connectivity index (χ3n) is 4.67. The predicted molar refractivity (Wildman–Crippen MR) is 72.6 cm³/mol. The predicted octanol–water partition coefficient (Wildman–Crippen LogP) is 2.43. The molecule has 1 aromatic rings. The summed E-state index contributed by atoms with van der Waals surface area (Å²) in [6.07, 6.45) is 1.42. The van der Waals surface area contributed by atoms with E-state index >= 15 is 0 Å². The molecule has 1 aliphatic rings. The van der Waals surface area contributed by atoms with Gasteiger partial charge in [-0.2, -0.15) is 0 Å². The van der Waals surface area contributed by atoms with Crippen molar-refractivity contribution in [1.29, 1.82) is 0 Å². The first kappa shape index (κ1) is 13.8. The quantitative estimate of drug-likeness (QED) is 0.882. The Bertz CT molecular complexity index is 511. The topological polar surface area (TPSA) is 54.0 Å². The van der Waals surface area contributed by atoms with E-state index in [1.807, 2.05) is 0 Å². The molecule has 4 nitrogen and oxygen atoms in total. The van der Waals surface area contributed by atoms with Crippen molar-refractivity contribution in [3.63, 3.8) is 0 Å². The highest BCUT2D eigenvalue weighted by Gasteiger charge is 2.65. The van der Waals surface area contributed by atoms with E-state index in [0.717, 1.165) is 0 Å². The highest BCUT2D eigenvalue weighted by Crippen LogP contribution is 2.62. The summed E-state index contributed by atoms with van der Waals surface area (Å²) in [6.45, 7) is 8.39. The minimum Gasteiger partial charge on any atom is -0.371 e. The molecule has 2 rings (SSSR count). The molecular formula is C14H20FN3O. The Hall–Kier alpha value is -1.65. The zero-order valence-corrected chi connectivity index (χ0v) is 12.0. The molecule has 104 valence electrons. The smallest absolute Gasteiger partial charge is 0.254 e. The van der Waals surface area contributed by atoms with E-state index in [1.165, 1.54) is 12.3 Å². The van der Waals surface area contributed by atoms with Gasteiger partial charge >= 0.3 is 0 Å². The second kappa shape index (κ2) is 4.18. The first-order chi connectivity index (χ1) is 8.73. The van der Waals surface area contributed by atoms with Gasteiger partial charge in [0.15, 0.2) is 11.6 Å². The molecule has 0 aromatic carbocycles. The lowest BCUT2D eigenvalue weighted by atomic mass is 10.0. The van der Waals surface area contributed by atoms with Crippen LogP contribution in [0.3, 0.4) is 0 Å². The number of anilines is 1. The van der Waals surface area contributed by atoms with Crippen LogP contribution in [-0.4, -0.2) is 24.0 Å². The number of carbonyl (C=O) groups excluding carboxylic acids is 1. The minimum atomic E-state index is -0.612. The van der Waals surface area contributed by atoms with Gasteiger partial charge in [-0.25, -0.2) is 9.37 Å². The summed E-state index contributed by atoms with van der Waals surface area (Å²) in [7, 11) is 1.57. The largest absolute Gasteiger partial charge is 0.371 e. The van der Waals surface area contributed by atoms with Crippen molar-refractivity contribution in [2.75, 3.05) is 12.4 Å². The monoisotopic (exact) mass is 265 g/mol. The number of nitrogens with zero attached hydrogens (tertiary/aromatic N) is 1. The van der Waals surface area contributed by atoms with Gasteiger partial charge in [-0.1, -0.05) is 27.7 Å². The molecule has 0 unspecified atom stereocenters. The number of hydrogen-bond donors (Lipinski definition) is 2. The number of rotatable bonds is 3. The molecule has 1 heterocycles. The van der Waals surface area contributed by atoms with Gasteiger partial charge in [-0.15, -0.1) is 0 Å². The molecule has 0 bridgehead atoms. The van der Waals surface area contributed by atoms with Crippen LogP contribution in [-0.2, 0) is 0 Å². The summed E-state index contributed by atoms with van der Waals surface area (Å²) < 4.78 is 14.0. The Morgan fingerprint density at radius 1 is 1.32 bits per heavy atom. The molecular weight excluding hydrogens is 245 g/mol. The van der Waals surface area contributed by atoms with Crippen LogP contribution in [0.4, 0.5) is 10.2 Å². The van der Waals surface area contributed by atoms with Gasteiger partial charge in [-0.3, -0.25) is 4.79 Å². The molecule has 1 aromatic heterocycles. The maximum Gasteiger partial charge on any atom is 0.254 e. The van der Waals surface area contributed by atoms with E-state index in [0.29, 0.717) is 0 Å². The Morgan fingerprint density at radius 3 is 2.37 bits per heavy atom. The standard InChI is InChI=1S/C14H20FN3O/c1-13(2)12(14(13,3)4)18-11(19)8-6-7-17-10(16-5)9(8)15/h6-7,12H,1-5H3,(H,16,17)(H,18,19). The fraction of sp³-hybridized carbons (Fsp3) is 0.571. The minimum absolute atomic E-state index is 0.0258. The number of aromatic nitrogens is 1. The van der Waals surface area contributed by atoms with Gasteiger partial charge < -0.3 is 10.6 Å². The molecule has 19 heavy (non-hydrogen) atoms.